The first-order valence-electron chi connectivity index (χ1n) is 8.49. The first-order valence-corrected chi connectivity index (χ1v) is 8.49. The van der Waals surface area contributed by atoms with Crippen LogP contribution in [-0.2, 0) is 11.2 Å². The second-order valence-electron chi connectivity index (χ2n) is 6.58. The molecule has 0 bridgehead atoms. The van der Waals surface area contributed by atoms with Gasteiger partial charge >= 0.3 is 0 Å². The molecule has 2 saturated carbocycles. The van der Waals surface area contributed by atoms with Crippen molar-refractivity contribution in [2.75, 3.05) is 6.61 Å². The number of hydrogen-bond acceptors (Lipinski definition) is 5. The highest BCUT2D eigenvalue weighted by atomic mass is 16.5. The van der Waals surface area contributed by atoms with Gasteiger partial charge in [-0.3, -0.25) is 4.79 Å². The summed E-state index contributed by atoms with van der Waals surface area (Å²) in [5.41, 5.74) is 0. The van der Waals surface area contributed by atoms with Gasteiger partial charge in [0.1, 0.15) is 0 Å². The minimum Gasteiger partial charge on any atom is -0.396 e. The quantitative estimate of drug-likeness (QED) is 0.803. The van der Waals surface area contributed by atoms with Crippen LogP contribution in [0.4, 0.5) is 0 Å². The number of amides is 1. The van der Waals surface area contributed by atoms with Crippen LogP contribution >= 0.6 is 0 Å². The number of aromatic nitrogens is 2. The average Bonchev–Trinajstić information content (AvgIpc) is 3.27. The standard InChI is InChI=1S/C16H25N3O3/c20-10-12-4-1-2-5-13(12)17-14(21)6-3-7-15-18-16(19-22-15)11-8-9-11/h11-13,20H,1-10H2,(H,17,21). The Morgan fingerprint density at radius 3 is 2.86 bits per heavy atom. The second kappa shape index (κ2) is 7.22. The van der Waals surface area contributed by atoms with Crippen molar-refractivity contribution >= 4 is 5.91 Å². The molecule has 2 aliphatic carbocycles. The minimum absolute atomic E-state index is 0.0623. The number of aliphatic hydroxyl groups excluding tert-OH is 1. The van der Waals surface area contributed by atoms with E-state index in [0.717, 1.165) is 44.3 Å². The van der Waals surface area contributed by atoms with Gasteiger partial charge in [-0.25, -0.2) is 0 Å². The van der Waals surface area contributed by atoms with Gasteiger partial charge in [0.2, 0.25) is 11.8 Å². The van der Waals surface area contributed by atoms with Crippen LogP contribution in [0.15, 0.2) is 4.52 Å². The van der Waals surface area contributed by atoms with Crippen LogP contribution in [0.25, 0.3) is 0 Å². The van der Waals surface area contributed by atoms with Gasteiger partial charge in [-0.05, 0) is 32.1 Å². The van der Waals surface area contributed by atoms with E-state index in [2.05, 4.69) is 15.5 Å². The minimum atomic E-state index is 0.0623. The van der Waals surface area contributed by atoms with Gasteiger partial charge in [-0.1, -0.05) is 18.0 Å². The molecule has 1 heterocycles. The fourth-order valence-corrected chi connectivity index (χ4v) is 3.17. The lowest BCUT2D eigenvalue weighted by Crippen LogP contribution is -2.43. The molecule has 0 saturated heterocycles. The Morgan fingerprint density at radius 2 is 2.09 bits per heavy atom. The van der Waals surface area contributed by atoms with Crippen molar-refractivity contribution in [2.45, 2.75) is 69.7 Å². The summed E-state index contributed by atoms with van der Waals surface area (Å²) in [7, 11) is 0. The first-order chi connectivity index (χ1) is 10.8. The van der Waals surface area contributed by atoms with E-state index < -0.39 is 0 Å². The molecular formula is C16H25N3O3. The van der Waals surface area contributed by atoms with Crippen molar-refractivity contribution in [1.29, 1.82) is 0 Å². The topological polar surface area (TPSA) is 88.2 Å². The first kappa shape index (κ1) is 15.5. The lowest BCUT2D eigenvalue weighted by molar-refractivity contribution is -0.122. The van der Waals surface area contributed by atoms with Crippen LogP contribution in [0.1, 0.15) is 69.0 Å². The lowest BCUT2D eigenvalue weighted by atomic mass is 9.85. The van der Waals surface area contributed by atoms with Gasteiger partial charge < -0.3 is 14.9 Å². The maximum Gasteiger partial charge on any atom is 0.226 e. The molecule has 6 heteroatoms. The van der Waals surface area contributed by atoms with Gasteiger partial charge in [-0.2, -0.15) is 4.98 Å². The summed E-state index contributed by atoms with van der Waals surface area (Å²) < 4.78 is 5.21. The Morgan fingerprint density at radius 1 is 1.27 bits per heavy atom. The third-order valence-corrected chi connectivity index (χ3v) is 4.71. The second-order valence-corrected chi connectivity index (χ2v) is 6.58. The van der Waals surface area contributed by atoms with Crippen molar-refractivity contribution < 1.29 is 14.4 Å². The number of nitrogens with zero attached hydrogens (tertiary/aromatic N) is 2. The molecule has 3 rings (SSSR count). The predicted octanol–water partition coefficient (Wildman–Crippen LogP) is 1.94. The molecule has 1 aromatic heterocycles. The fourth-order valence-electron chi connectivity index (χ4n) is 3.17. The molecule has 2 atom stereocenters. The van der Waals surface area contributed by atoms with Crippen molar-refractivity contribution in [3.8, 4) is 0 Å². The smallest absolute Gasteiger partial charge is 0.226 e. The maximum atomic E-state index is 12.0. The van der Waals surface area contributed by atoms with Gasteiger partial charge in [0, 0.05) is 37.3 Å². The Bertz CT molecular complexity index is 499. The highest BCUT2D eigenvalue weighted by Crippen LogP contribution is 2.38. The van der Waals surface area contributed by atoms with Gasteiger partial charge in [0.15, 0.2) is 5.82 Å². The summed E-state index contributed by atoms with van der Waals surface area (Å²) >= 11 is 0. The number of aryl methyl sites for hydroxylation is 1. The maximum absolute atomic E-state index is 12.0. The molecule has 1 aromatic rings. The summed E-state index contributed by atoms with van der Waals surface area (Å²) in [6.07, 6.45) is 8.43. The van der Waals surface area contributed by atoms with E-state index >= 15 is 0 Å². The van der Waals surface area contributed by atoms with Crippen LogP contribution in [0, 0.1) is 5.92 Å². The van der Waals surface area contributed by atoms with Crippen molar-refractivity contribution in [3.05, 3.63) is 11.7 Å². The zero-order valence-electron chi connectivity index (χ0n) is 13.0. The number of rotatable bonds is 7. The average molecular weight is 307 g/mol. The summed E-state index contributed by atoms with van der Waals surface area (Å²) in [6.45, 7) is 0.164. The van der Waals surface area contributed by atoms with Gasteiger partial charge in [0.05, 0.1) is 0 Å². The fraction of sp³-hybridized carbons (Fsp3) is 0.812. The normalized spacial score (nSPS) is 25.1. The van der Waals surface area contributed by atoms with Crippen LogP contribution in [0.5, 0.6) is 0 Å². The lowest BCUT2D eigenvalue weighted by Gasteiger charge is -2.30. The molecule has 2 aliphatic rings. The van der Waals surface area contributed by atoms with E-state index in [9.17, 15) is 9.90 Å². The van der Waals surface area contributed by atoms with Crippen molar-refractivity contribution in [1.82, 2.24) is 15.5 Å². The van der Waals surface area contributed by atoms with Crippen LogP contribution in [0.2, 0.25) is 0 Å². The van der Waals surface area contributed by atoms with Crippen molar-refractivity contribution in [3.63, 3.8) is 0 Å². The third kappa shape index (κ3) is 4.06. The monoisotopic (exact) mass is 307 g/mol. The largest absolute Gasteiger partial charge is 0.396 e. The number of nitrogens with one attached hydrogen (secondary N) is 1. The molecule has 0 aliphatic heterocycles. The summed E-state index contributed by atoms with van der Waals surface area (Å²) in [5, 5.41) is 16.4. The van der Waals surface area contributed by atoms with E-state index in [4.69, 9.17) is 4.52 Å². The number of aliphatic hydroxyl groups is 1. The molecule has 0 aromatic carbocycles. The van der Waals surface area contributed by atoms with Gasteiger partial charge in [-0.15, -0.1) is 0 Å². The number of hydrogen-bond donors (Lipinski definition) is 2. The molecular weight excluding hydrogens is 282 g/mol. The summed E-state index contributed by atoms with van der Waals surface area (Å²) in [4.78, 5) is 16.4. The molecule has 122 valence electrons. The highest BCUT2D eigenvalue weighted by Gasteiger charge is 2.29. The van der Waals surface area contributed by atoms with E-state index in [1.54, 1.807) is 0 Å². The van der Waals surface area contributed by atoms with Crippen LogP contribution in [-0.4, -0.2) is 33.8 Å². The molecule has 0 radical (unpaired) electrons. The molecule has 22 heavy (non-hydrogen) atoms. The summed E-state index contributed by atoms with van der Waals surface area (Å²) in [6, 6.07) is 0.135. The molecule has 2 unspecified atom stereocenters. The molecule has 1 amide bonds. The SMILES string of the molecule is O=C(CCCc1nc(C2CC2)no1)NC1CCCCC1CO. The third-order valence-electron chi connectivity index (χ3n) is 4.71. The van der Waals surface area contributed by atoms with Crippen LogP contribution in [0.3, 0.4) is 0 Å². The zero-order chi connectivity index (χ0) is 15.4. The Labute approximate surface area is 130 Å². The highest BCUT2D eigenvalue weighted by molar-refractivity contribution is 5.76. The van der Waals surface area contributed by atoms with E-state index in [-0.39, 0.29) is 24.5 Å². The Kier molecular flexibility index (Phi) is 5.08. The zero-order valence-corrected chi connectivity index (χ0v) is 13.0. The van der Waals surface area contributed by atoms with E-state index in [0.29, 0.717) is 31.1 Å². The molecule has 0 spiro atoms. The molecule has 2 fully saturated rings. The Hall–Kier alpha value is -1.43. The van der Waals surface area contributed by atoms with Gasteiger partial charge in [0.25, 0.3) is 0 Å². The molecule has 6 nitrogen and oxygen atoms in total. The number of carbonyl (C=O) groups excluding carboxylic acids is 1. The van der Waals surface area contributed by atoms with Crippen molar-refractivity contribution in [2.24, 2.45) is 5.92 Å². The van der Waals surface area contributed by atoms with E-state index in [1.807, 2.05) is 0 Å². The van der Waals surface area contributed by atoms with Crippen LogP contribution < -0.4 is 5.32 Å². The Balaban J connectivity index is 1.37. The predicted molar refractivity (Wildman–Crippen MR) is 80.2 cm³/mol. The number of carbonyl (C=O) groups is 1. The van der Waals surface area contributed by atoms with E-state index in [1.165, 1.54) is 0 Å². The molecule has 2 N–H and O–H groups in total. The summed E-state index contributed by atoms with van der Waals surface area (Å²) in [5.74, 6) is 2.25.